The summed E-state index contributed by atoms with van der Waals surface area (Å²) in [6.45, 7) is 16.9. The van der Waals surface area contributed by atoms with Gasteiger partial charge in [0.05, 0.1) is 0 Å². The fourth-order valence-corrected chi connectivity index (χ4v) is 7.31. The van der Waals surface area contributed by atoms with Gasteiger partial charge in [0.15, 0.2) is 0 Å². The molecule has 0 N–H and O–H groups in total. The lowest BCUT2D eigenvalue weighted by atomic mass is 9.63. The first-order chi connectivity index (χ1) is 13.8. The highest BCUT2D eigenvalue weighted by Gasteiger charge is 2.37. The number of hydrogen-bond donors (Lipinski definition) is 0. The summed E-state index contributed by atoms with van der Waals surface area (Å²) in [4.78, 5) is 12.1. The zero-order chi connectivity index (χ0) is 21.6. The normalized spacial score (nSPS) is 35.6. The van der Waals surface area contributed by atoms with E-state index in [1.807, 2.05) is 0 Å². The van der Waals surface area contributed by atoms with E-state index in [-0.39, 0.29) is 0 Å². The Kier molecular flexibility index (Phi) is 10.2. The SMILES string of the molecule is CCC(CCCC(C=O)C1CC(C)CCC1C(C)C)C1CC(C)CCC1C(C)C. The third-order valence-electron chi connectivity index (χ3n) is 9.11. The minimum atomic E-state index is 0.300. The maximum atomic E-state index is 12.1. The molecule has 0 aliphatic heterocycles. The van der Waals surface area contributed by atoms with Crippen LogP contribution in [0.4, 0.5) is 0 Å². The van der Waals surface area contributed by atoms with E-state index < -0.39 is 0 Å². The van der Waals surface area contributed by atoms with E-state index in [9.17, 15) is 4.79 Å². The van der Waals surface area contributed by atoms with Crippen LogP contribution in [0.3, 0.4) is 0 Å². The van der Waals surface area contributed by atoms with Crippen LogP contribution in [-0.4, -0.2) is 6.29 Å². The molecule has 0 saturated heterocycles. The van der Waals surface area contributed by atoms with Gasteiger partial charge in [-0.3, -0.25) is 0 Å². The Morgan fingerprint density at radius 3 is 1.76 bits per heavy atom. The predicted octanol–water partition coefficient (Wildman–Crippen LogP) is 8.41. The second kappa shape index (κ2) is 11.9. The lowest BCUT2D eigenvalue weighted by molar-refractivity contribution is -0.114. The van der Waals surface area contributed by atoms with Crippen LogP contribution >= 0.6 is 0 Å². The van der Waals surface area contributed by atoms with E-state index in [0.717, 1.165) is 47.8 Å². The number of rotatable bonds is 10. The molecule has 0 bridgehead atoms. The fourth-order valence-electron chi connectivity index (χ4n) is 7.31. The van der Waals surface area contributed by atoms with Crippen LogP contribution in [0.15, 0.2) is 0 Å². The maximum absolute atomic E-state index is 12.1. The van der Waals surface area contributed by atoms with Crippen molar-refractivity contribution in [2.75, 3.05) is 0 Å². The van der Waals surface area contributed by atoms with Crippen molar-refractivity contribution < 1.29 is 4.79 Å². The highest BCUT2D eigenvalue weighted by atomic mass is 16.1. The van der Waals surface area contributed by atoms with E-state index in [1.165, 1.54) is 64.1 Å². The largest absolute Gasteiger partial charge is 0.303 e. The van der Waals surface area contributed by atoms with Gasteiger partial charge in [-0.1, -0.05) is 80.6 Å². The van der Waals surface area contributed by atoms with Gasteiger partial charge in [-0.15, -0.1) is 0 Å². The standard InChI is InChI=1S/C28H52O/c1-8-23(27-16-21(6)12-14-25(27)19(2)3)10-9-11-24(18-29)28-17-22(7)13-15-26(28)20(4)5/h18-28H,8-17H2,1-7H3. The van der Waals surface area contributed by atoms with Crippen LogP contribution < -0.4 is 0 Å². The average molecular weight is 405 g/mol. The highest BCUT2D eigenvalue weighted by molar-refractivity contribution is 5.54. The quantitative estimate of drug-likeness (QED) is 0.334. The minimum absolute atomic E-state index is 0.300. The van der Waals surface area contributed by atoms with E-state index >= 15 is 0 Å². The van der Waals surface area contributed by atoms with Crippen molar-refractivity contribution >= 4 is 6.29 Å². The van der Waals surface area contributed by atoms with Crippen LogP contribution in [0, 0.1) is 59.2 Å². The lowest BCUT2D eigenvalue weighted by Gasteiger charge is -2.42. The van der Waals surface area contributed by atoms with Crippen LogP contribution in [0.25, 0.3) is 0 Å². The van der Waals surface area contributed by atoms with Crippen molar-refractivity contribution in [3.8, 4) is 0 Å². The smallest absolute Gasteiger partial charge is 0.123 e. The van der Waals surface area contributed by atoms with E-state index in [2.05, 4.69) is 48.5 Å². The minimum Gasteiger partial charge on any atom is -0.303 e. The molecule has 2 fully saturated rings. The Bertz CT molecular complexity index is 467. The Morgan fingerprint density at radius 2 is 1.28 bits per heavy atom. The molecule has 1 nitrogen and oxygen atoms in total. The van der Waals surface area contributed by atoms with Gasteiger partial charge >= 0.3 is 0 Å². The maximum Gasteiger partial charge on any atom is 0.123 e. The van der Waals surface area contributed by atoms with Crippen molar-refractivity contribution in [2.45, 2.75) is 113 Å². The van der Waals surface area contributed by atoms with E-state index in [1.54, 1.807) is 0 Å². The summed E-state index contributed by atoms with van der Waals surface area (Å²) in [5.41, 5.74) is 0. The second-order valence-corrected chi connectivity index (χ2v) is 11.9. The molecular weight excluding hydrogens is 352 g/mol. The zero-order valence-corrected chi connectivity index (χ0v) is 20.8. The Labute approximate surface area is 183 Å². The summed E-state index contributed by atoms with van der Waals surface area (Å²) in [5, 5.41) is 0. The number of aldehydes is 1. The molecule has 2 rings (SSSR count). The molecule has 0 spiro atoms. The summed E-state index contributed by atoms with van der Waals surface area (Å²) < 4.78 is 0. The van der Waals surface area contributed by atoms with Crippen molar-refractivity contribution in [1.29, 1.82) is 0 Å². The van der Waals surface area contributed by atoms with Gasteiger partial charge in [0.25, 0.3) is 0 Å². The van der Waals surface area contributed by atoms with E-state index in [0.29, 0.717) is 17.8 Å². The van der Waals surface area contributed by atoms with Crippen molar-refractivity contribution in [1.82, 2.24) is 0 Å². The summed E-state index contributed by atoms with van der Waals surface area (Å²) >= 11 is 0. The number of carbonyl (C=O) groups is 1. The molecule has 2 saturated carbocycles. The highest BCUT2D eigenvalue weighted by Crippen LogP contribution is 2.45. The summed E-state index contributed by atoms with van der Waals surface area (Å²) in [6, 6.07) is 0. The summed E-state index contributed by atoms with van der Waals surface area (Å²) in [6.07, 6.45) is 14.7. The third kappa shape index (κ3) is 6.83. The monoisotopic (exact) mass is 404 g/mol. The number of hydrogen-bond acceptors (Lipinski definition) is 1. The van der Waals surface area contributed by atoms with Gasteiger partial charge in [0.2, 0.25) is 0 Å². The van der Waals surface area contributed by atoms with Gasteiger partial charge in [-0.25, -0.2) is 0 Å². The molecule has 1 heteroatoms. The first kappa shape index (κ1) is 24.9. The molecule has 0 aromatic carbocycles. The molecule has 0 aromatic rings. The van der Waals surface area contributed by atoms with Gasteiger partial charge < -0.3 is 4.79 Å². The van der Waals surface area contributed by atoms with Crippen LogP contribution in [0.2, 0.25) is 0 Å². The van der Waals surface area contributed by atoms with E-state index in [4.69, 9.17) is 0 Å². The predicted molar refractivity (Wildman–Crippen MR) is 127 cm³/mol. The summed E-state index contributed by atoms with van der Waals surface area (Å²) in [5.74, 6) is 7.63. The summed E-state index contributed by atoms with van der Waals surface area (Å²) in [7, 11) is 0. The van der Waals surface area contributed by atoms with Crippen molar-refractivity contribution in [3.05, 3.63) is 0 Å². The molecule has 8 unspecified atom stereocenters. The molecule has 0 amide bonds. The lowest BCUT2D eigenvalue weighted by Crippen LogP contribution is -2.34. The number of carbonyl (C=O) groups excluding carboxylic acids is 1. The Morgan fingerprint density at radius 1 is 0.759 bits per heavy atom. The molecule has 2 aliphatic rings. The molecular formula is C28H52O. The molecule has 29 heavy (non-hydrogen) atoms. The van der Waals surface area contributed by atoms with Crippen LogP contribution in [0.1, 0.15) is 113 Å². The van der Waals surface area contributed by atoms with Gasteiger partial charge in [0, 0.05) is 5.92 Å². The fraction of sp³-hybridized carbons (Fsp3) is 0.964. The van der Waals surface area contributed by atoms with Crippen molar-refractivity contribution in [3.63, 3.8) is 0 Å². The Balaban J connectivity index is 1.96. The molecule has 170 valence electrons. The molecule has 0 heterocycles. The molecule has 0 radical (unpaired) electrons. The first-order valence-electron chi connectivity index (χ1n) is 13.2. The first-order valence-corrected chi connectivity index (χ1v) is 13.2. The van der Waals surface area contributed by atoms with Gasteiger partial charge in [0.1, 0.15) is 6.29 Å². The topological polar surface area (TPSA) is 17.1 Å². The van der Waals surface area contributed by atoms with Gasteiger partial charge in [-0.05, 0) is 85.4 Å². The molecule has 0 aromatic heterocycles. The van der Waals surface area contributed by atoms with Gasteiger partial charge in [-0.2, -0.15) is 0 Å². The molecule has 2 aliphatic carbocycles. The molecule has 8 atom stereocenters. The van der Waals surface area contributed by atoms with Crippen molar-refractivity contribution in [2.24, 2.45) is 59.2 Å². The average Bonchev–Trinajstić information content (AvgIpc) is 2.67. The van der Waals surface area contributed by atoms with Crippen LogP contribution in [-0.2, 0) is 4.79 Å². The Hall–Kier alpha value is -0.330. The second-order valence-electron chi connectivity index (χ2n) is 11.9. The van der Waals surface area contributed by atoms with Crippen LogP contribution in [0.5, 0.6) is 0 Å². The third-order valence-corrected chi connectivity index (χ3v) is 9.11. The zero-order valence-electron chi connectivity index (χ0n) is 20.8.